The number of nitro benzene ring substituents is 1. The number of aromatic hydroxyl groups is 1. The zero-order valence-electron chi connectivity index (χ0n) is 16.0. The second-order valence-electron chi connectivity index (χ2n) is 6.68. The Balaban J connectivity index is 1.49. The lowest BCUT2D eigenvalue weighted by Gasteiger charge is -2.01. The summed E-state index contributed by atoms with van der Waals surface area (Å²) in [5.74, 6) is 0.369. The number of nitrogens with zero attached hydrogens (tertiary/aromatic N) is 3. The van der Waals surface area contributed by atoms with Crippen LogP contribution < -0.4 is 0 Å². The van der Waals surface area contributed by atoms with Gasteiger partial charge in [-0.1, -0.05) is 12.1 Å². The van der Waals surface area contributed by atoms with Crippen LogP contribution in [0.5, 0.6) is 5.75 Å². The van der Waals surface area contributed by atoms with Gasteiger partial charge in [0, 0.05) is 24.4 Å². The van der Waals surface area contributed by atoms with Crippen LogP contribution in [0.4, 0.5) is 11.4 Å². The molecule has 0 aliphatic heterocycles. The van der Waals surface area contributed by atoms with Gasteiger partial charge < -0.3 is 9.52 Å². The Kier molecular flexibility index (Phi) is 5.09. The molecule has 0 saturated carbocycles. The summed E-state index contributed by atoms with van der Waals surface area (Å²) in [6.07, 6.45) is 5.08. The number of aliphatic imine (C=N–C) groups is 1. The minimum Gasteiger partial charge on any atom is -0.507 e. The van der Waals surface area contributed by atoms with Gasteiger partial charge in [0.05, 0.1) is 16.2 Å². The fourth-order valence-electron chi connectivity index (χ4n) is 2.92. The van der Waals surface area contributed by atoms with Crippen LogP contribution in [-0.2, 0) is 0 Å². The number of phenols is 1. The maximum Gasteiger partial charge on any atom is 0.269 e. The van der Waals surface area contributed by atoms with Crippen LogP contribution >= 0.6 is 0 Å². The first-order valence-electron chi connectivity index (χ1n) is 9.15. The lowest BCUT2D eigenvalue weighted by Crippen LogP contribution is -1.86. The van der Waals surface area contributed by atoms with E-state index in [1.165, 1.54) is 18.2 Å². The Labute approximate surface area is 171 Å². The number of allylic oxidation sites excluding steroid dienone is 1. The van der Waals surface area contributed by atoms with Crippen molar-refractivity contribution in [3.63, 3.8) is 0 Å². The molecule has 1 aromatic heterocycles. The third kappa shape index (κ3) is 4.10. The molecule has 0 amide bonds. The van der Waals surface area contributed by atoms with E-state index in [2.05, 4.69) is 9.98 Å². The largest absolute Gasteiger partial charge is 0.507 e. The van der Waals surface area contributed by atoms with Crippen LogP contribution in [-0.4, -0.2) is 21.2 Å². The highest BCUT2D eigenvalue weighted by molar-refractivity contribution is 5.82. The van der Waals surface area contributed by atoms with Crippen molar-refractivity contribution in [2.45, 2.75) is 6.92 Å². The molecule has 7 heteroatoms. The van der Waals surface area contributed by atoms with Crippen LogP contribution in [0.2, 0.25) is 0 Å². The third-order valence-electron chi connectivity index (χ3n) is 4.46. The minimum atomic E-state index is -0.438. The number of phenolic OH excluding ortho intramolecular Hbond substituents is 1. The summed E-state index contributed by atoms with van der Waals surface area (Å²) in [5, 5.41) is 21.0. The fourth-order valence-corrected chi connectivity index (χ4v) is 2.92. The monoisotopic (exact) mass is 399 g/mol. The molecule has 1 N–H and O–H groups in total. The fraction of sp³-hybridized carbons (Fsp3) is 0.0435. The second kappa shape index (κ2) is 8.00. The van der Waals surface area contributed by atoms with Crippen molar-refractivity contribution >= 4 is 34.8 Å². The molecule has 0 aliphatic carbocycles. The standard InChI is InChI=1S/C23H17N3O4/c1-15-4-11-20-22(13-15)30-23(25-20)19-10-7-17(14-21(19)27)24-12-2-3-16-5-8-18(9-6-16)26(28)29/h2-14,27H,1H3. The molecule has 0 atom stereocenters. The number of non-ortho nitro benzene ring substituents is 1. The molecule has 0 spiro atoms. The first-order valence-corrected chi connectivity index (χ1v) is 9.15. The van der Waals surface area contributed by atoms with Crippen LogP contribution in [0.3, 0.4) is 0 Å². The zero-order chi connectivity index (χ0) is 21.1. The molecule has 4 rings (SSSR count). The summed E-state index contributed by atoms with van der Waals surface area (Å²) in [5.41, 5.74) is 4.39. The van der Waals surface area contributed by atoms with E-state index in [0.29, 0.717) is 22.7 Å². The van der Waals surface area contributed by atoms with Crippen molar-refractivity contribution in [2.24, 2.45) is 4.99 Å². The van der Waals surface area contributed by atoms with E-state index >= 15 is 0 Å². The van der Waals surface area contributed by atoms with Crippen molar-refractivity contribution in [1.82, 2.24) is 4.98 Å². The van der Waals surface area contributed by atoms with Crippen LogP contribution in [0.25, 0.3) is 28.6 Å². The lowest BCUT2D eigenvalue weighted by atomic mass is 10.2. The number of oxazole rings is 1. The van der Waals surface area contributed by atoms with E-state index in [4.69, 9.17) is 4.42 Å². The molecule has 7 nitrogen and oxygen atoms in total. The van der Waals surface area contributed by atoms with E-state index < -0.39 is 4.92 Å². The number of nitro groups is 1. The highest BCUT2D eigenvalue weighted by Gasteiger charge is 2.12. The summed E-state index contributed by atoms with van der Waals surface area (Å²) < 4.78 is 5.76. The molecule has 1 heterocycles. The summed E-state index contributed by atoms with van der Waals surface area (Å²) >= 11 is 0. The third-order valence-corrected chi connectivity index (χ3v) is 4.46. The first-order chi connectivity index (χ1) is 14.5. The normalized spacial score (nSPS) is 11.6. The highest BCUT2D eigenvalue weighted by atomic mass is 16.6. The molecule has 3 aromatic carbocycles. The number of hydrogen-bond acceptors (Lipinski definition) is 6. The number of benzene rings is 3. The SMILES string of the molecule is Cc1ccc2nc(-c3ccc(N=CC=Cc4ccc([N+](=O)[O-])cc4)cc3O)oc2c1. The van der Waals surface area contributed by atoms with Crippen LogP contribution in [0.1, 0.15) is 11.1 Å². The molecule has 0 bridgehead atoms. The van der Waals surface area contributed by atoms with Crippen molar-refractivity contribution in [3.8, 4) is 17.2 Å². The predicted molar refractivity (Wildman–Crippen MR) is 116 cm³/mol. The Hall–Kier alpha value is -4.26. The molecule has 30 heavy (non-hydrogen) atoms. The average Bonchev–Trinajstić information content (AvgIpc) is 3.14. The van der Waals surface area contributed by atoms with Gasteiger partial charge in [0.1, 0.15) is 11.3 Å². The van der Waals surface area contributed by atoms with E-state index in [-0.39, 0.29) is 11.4 Å². The van der Waals surface area contributed by atoms with Crippen molar-refractivity contribution in [2.75, 3.05) is 0 Å². The van der Waals surface area contributed by atoms with Crippen molar-refractivity contribution in [3.05, 3.63) is 88.0 Å². The Morgan fingerprint density at radius 2 is 1.90 bits per heavy atom. The van der Waals surface area contributed by atoms with Gasteiger partial charge in [0.15, 0.2) is 5.58 Å². The summed E-state index contributed by atoms with van der Waals surface area (Å²) in [6, 6.07) is 16.9. The van der Waals surface area contributed by atoms with Crippen LogP contribution in [0.15, 0.2) is 76.1 Å². The Bertz CT molecular complexity index is 1290. The van der Waals surface area contributed by atoms with E-state index in [0.717, 1.165) is 16.6 Å². The molecule has 0 aliphatic rings. The number of aryl methyl sites for hydroxylation is 1. The molecular weight excluding hydrogens is 382 g/mol. The molecule has 0 saturated heterocycles. The highest BCUT2D eigenvalue weighted by Crippen LogP contribution is 2.34. The van der Waals surface area contributed by atoms with E-state index in [9.17, 15) is 15.2 Å². The van der Waals surface area contributed by atoms with Gasteiger partial charge in [0.25, 0.3) is 5.69 Å². The van der Waals surface area contributed by atoms with Gasteiger partial charge in [-0.05, 0) is 60.5 Å². The van der Waals surface area contributed by atoms with E-state index in [1.54, 1.807) is 42.6 Å². The van der Waals surface area contributed by atoms with Crippen molar-refractivity contribution < 1.29 is 14.4 Å². The summed E-state index contributed by atoms with van der Waals surface area (Å²) in [4.78, 5) is 18.9. The average molecular weight is 399 g/mol. The molecule has 4 aromatic rings. The maximum atomic E-state index is 10.7. The molecular formula is C23H17N3O4. The first kappa shape index (κ1) is 19.1. The number of aromatic nitrogens is 1. The summed E-state index contributed by atoms with van der Waals surface area (Å²) in [7, 11) is 0. The van der Waals surface area contributed by atoms with Gasteiger partial charge in [-0.25, -0.2) is 4.98 Å². The minimum absolute atomic E-state index is 0.0206. The Morgan fingerprint density at radius 3 is 2.63 bits per heavy atom. The van der Waals surface area contributed by atoms with Gasteiger partial charge in [-0.2, -0.15) is 0 Å². The van der Waals surface area contributed by atoms with Crippen LogP contribution in [0, 0.1) is 17.0 Å². The van der Waals surface area contributed by atoms with E-state index in [1.807, 2.05) is 25.1 Å². The molecule has 0 radical (unpaired) electrons. The van der Waals surface area contributed by atoms with Gasteiger partial charge in [-0.15, -0.1) is 0 Å². The summed E-state index contributed by atoms with van der Waals surface area (Å²) in [6.45, 7) is 1.97. The van der Waals surface area contributed by atoms with Crippen molar-refractivity contribution in [1.29, 1.82) is 0 Å². The number of hydrogen-bond donors (Lipinski definition) is 1. The topological polar surface area (TPSA) is 102 Å². The Morgan fingerprint density at radius 1 is 1.10 bits per heavy atom. The number of rotatable bonds is 5. The molecule has 0 unspecified atom stereocenters. The molecule has 148 valence electrons. The second-order valence-corrected chi connectivity index (χ2v) is 6.68. The molecule has 0 fully saturated rings. The van der Waals surface area contributed by atoms with Gasteiger partial charge in [0.2, 0.25) is 5.89 Å². The van der Waals surface area contributed by atoms with Gasteiger partial charge >= 0.3 is 0 Å². The predicted octanol–water partition coefficient (Wildman–Crippen LogP) is 5.83. The quantitative estimate of drug-likeness (QED) is 0.258. The van der Waals surface area contributed by atoms with Gasteiger partial charge in [-0.3, -0.25) is 15.1 Å². The lowest BCUT2D eigenvalue weighted by molar-refractivity contribution is -0.384. The smallest absolute Gasteiger partial charge is 0.269 e. The zero-order valence-corrected chi connectivity index (χ0v) is 16.0. The maximum absolute atomic E-state index is 10.7. The number of fused-ring (bicyclic) bond motifs is 1.